The van der Waals surface area contributed by atoms with E-state index in [2.05, 4.69) is 18.3 Å². The number of benzene rings is 1. The molecule has 0 saturated carbocycles. The standard InChI is InChI=1S/C16H24N2O2S/c1-3-21-16-8-6-7-15(14(16)13-17)18-9-4-5-10-20-12-11-19-2/h6-8,18H,3-5,9-12H2,1-2H3. The highest BCUT2D eigenvalue weighted by Crippen LogP contribution is 2.27. The molecule has 1 N–H and O–H groups in total. The van der Waals surface area contributed by atoms with Crippen molar-refractivity contribution in [2.75, 3.05) is 44.5 Å². The molecule has 0 spiro atoms. The maximum atomic E-state index is 9.31. The number of thioether (sulfide) groups is 1. The molecule has 1 aromatic rings. The van der Waals surface area contributed by atoms with Gasteiger partial charge in [0.05, 0.1) is 24.5 Å². The SMILES string of the molecule is CCSc1cccc(NCCCCOCCOC)c1C#N. The molecule has 1 rings (SSSR count). The Kier molecular flexibility index (Phi) is 9.71. The summed E-state index contributed by atoms with van der Waals surface area (Å²) in [7, 11) is 1.67. The van der Waals surface area contributed by atoms with Gasteiger partial charge in [-0.15, -0.1) is 11.8 Å². The van der Waals surface area contributed by atoms with Gasteiger partial charge in [0.2, 0.25) is 0 Å². The van der Waals surface area contributed by atoms with E-state index in [1.54, 1.807) is 18.9 Å². The van der Waals surface area contributed by atoms with Crippen LogP contribution in [0.2, 0.25) is 0 Å². The lowest BCUT2D eigenvalue weighted by molar-refractivity contribution is 0.0691. The summed E-state index contributed by atoms with van der Waals surface area (Å²) in [5.41, 5.74) is 1.68. The monoisotopic (exact) mass is 308 g/mol. The van der Waals surface area contributed by atoms with Crippen LogP contribution in [-0.2, 0) is 9.47 Å². The van der Waals surface area contributed by atoms with Crippen molar-refractivity contribution >= 4 is 17.4 Å². The molecule has 0 aliphatic heterocycles. The lowest BCUT2D eigenvalue weighted by Gasteiger charge is -2.11. The average Bonchev–Trinajstić information content (AvgIpc) is 2.50. The van der Waals surface area contributed by atoms with Gasteiger partial charge in [0.25, 0.3) is 0 Å². The number of nitrogens with zero attached hydrogens (tertiary/aromatic N) is 1. The van der Waals surface area contributed by atoms with E-state index in [9.17, 15) is 5.26 Å². The highest BCUT2D eigenvalue weighted by molar-refractivity contribution is 7.99. The molecular formula is C16H24N2O2S. The first-order valence-corrected chi connectivity index (χ1v) is 8.28. The molecule has 0 radical (unpaired) electrons. The second kappa shape index (κ2) is 11.4. The van der Waals surface area contributed by atoms with Gasteiger partial charge in [0, 0.05) is 25.2 Å². The summed E-state index contributed by atoms with van der Waals surface area (Å²) in [5, 5.41) is 12.7. The number of nitriles is 1. The van der Waals surface area contributed by atoms with E-state index in [4.69, 9.17) is 9.47 Å². The van der Waals surface area contributed by atoms with E-state index in [0.29, 0.717) is 13.2 Å². The molecule has 0 bridgehead atoms. The van der Waals surface area contributed by atoms with Crippen LogP contribution in [0.4, 0.5) is 5.69 Å². The minimum absolute atomic E-state index is 0.645. The minimum atomic E-state index is 0.645. The third-order valence-corrected chi connectivity index (χ3v) is 3.84. The lowest BCUT2D eigenvalue weighted by atomic mass is 10.2. The molecule has 0 amide bonds. The summed E-state index contributed by atoms with van der Waals surface area (Å²) in [4.78, 5) is 1.05. The number of unbranched alkanes of at least 4 members (excludes halogenated alkanes) is 1. The van der Waals surface area contributed by atoms with Gasteiger partial charge in [0.1, 0.15) is 6.07 Å². The highest BCUT2D eigenvalue weighted by atomic mass is 32.2. The summed E-state index contributed by atoms with van der Waals surface area (Å²) in [6.07, 6.45) is 2.02. The van der Waals surface area contributed by atoms with Gasteiger partial charge in [-0.2, -0.15) is 5.26 Å². The van der Waals surface area contributed by atoms with Crippen molar-refractivity contribution in [1.82, 2.24) is 0 Å². The molecule has 0 aliphatic carbocycles. The summed E-state index contributed by atoms with van der Waals surface area (Å²) in [5.74, 6) is 0.969. The normalized spacial score (nSPS) is 10.3. The topological polar surface area (TPSA) is 54.3 Å². The lowest BCUT2D eigenvalue weighted by Crippen LogP contribution is -2.07. The van der Waals surface area contributed by atoms with Gasteiger partial charge < -0.3 is 14.8 Å². The van der Waals surface area contributed by atoms with E-state index >= 15 is 0 Å². The Bertz CT molecular complexity index is 446. The Hall–Kier alpha value is -1.22. The summed E-state index contributed by atoms with van der Waals surface area (Å²) in [6.45, 7) is 4.99. The predicted octanol–water partition coefficient (Wildman–Crippen LogP) is 3.53. The van der Waals surface area contributed by atoms with Crippen LogP contribution in [0, 0.1) is 11.3 Å². The van der Waals surface area contributed by atoms with E-state index in [-0.39, 0.29) is 0 Å². The Morgan fingerprint density at radius 2 is 2.10 bits per heavy atom. The van der Waals surface area contributed by atoms with Gasteiger partial charge in [-0.05, 0) is 30.7 Å². The maximum absolute atomic E-state index is 9.31. The van der Waals surface area contributed by atoms with E-state index < -0.39 is 0 Å². The highest BCUT2D eigenvalue weighted by Gasteiger charge is 2.07. The van der Waals surface area contributed by atoms with Gasteiger partial charge in [-0.25, -0.2) is 0 Å². The third kappa shape index (κ3) is 6.85. The molecule has 116 valence electrons. The summed E-state index contributed by atoms with van der Waals surface area (Å²) < 4.78 is 10.3. The second-order valence-electron chi connectivity index (χ2n) is 4.46. The number of anilines is 1. The molecule has 5 heteroatoms. The van der Waals surface area contributed by atoms with Gasteiger partial charge >= 0.3 is 0 Å². The number of rotatable bonds is 11. The molecular weight excluding hydrogens is 284 g/mol. The van der Waals surface area contributed by atoms with Crippen LogP contribution in [0.3, 0.4) is 0 Å². The van der Waals surface area contributed by atoms with Crippen molar-refractivity contribution in [1.29, 1.82) is 5.26 Å². The molecule has 0 atom stereocenters. The fraction of sp³-hybridized carbons (Fsp3) is 0.562. The van der Waals surface area contributed by atoms with Crippen LogP contribution in [0.5, 0.6) is 0 Å². The fourth-order valence-electron chi connectivity index (χ4n) is 1.87. The number of ether oxygens (including phenoxy) is 2. The molecule has 1 aromatic carbocycles. The summed E-state index contributed by atoms with van der Waals surface area (Å²) >= 11 is 1.70. The number of hydrogen-bond acceptors (Lipinski definition) is 5. The average molecular weight is 308 g/mol. The maximum Gasteiger partial charge on any atom is 0.102 e. The van der Waals surface area contributed by atoms with Gasteiger partial charge in [0.15, 0.2) is 0 Å². The van der Waals surface area contributed by atoms with Crippen LogP contribution in [-0.4, -0.2) is 39.2 Å². The van der Waals surface area contributed by atoms with E-state index in [1.165, 1.54) is 0 Å². The van der Waals surface area contributed by atoms with E-state index in [0.717, 1.165) is 47.9 Å². The van der Waals surface area contributed by atoms with Gasteiger partial charge in [-0.1, -0.05) is 13.0 Å². The zero-order chi connectivity index (χ0) is 15.3. The zero-order valence-electron chi connectivity index (χ0n) is 12.9. The van der Waals surface area contributed by atoms with Crippen LogP contribution in [0.15, 0.2) is 23.1 Å². The smallest absolute Gasteiger partial charge is 0.102 e. The summed E-state index contributed by atoms with van der Waals surface area (Å²) in [6, 6.07) is 8.26. The predicted molar refractivity (Wildman–Crippen MR) is 88.0 cm³/mol. The number of methoxy groups -OCH3 is 1. The Labute approximate surface area is 131 Å². The third-order valence-electron chi connectivity index (χ3n) is 2.90. The van der Waals surface area contributed by atoms with Gasteiger partial charge in [-0.3, -0.25) is 0 Å². The first kappa shape index (κ1) is 17.8. The first-order chi connectivity index (χ1) is 10.3. The minimum Gasteiger partial charge on any atom is -0.384 e. The second-order valence-corrected chi connectivity index (χ2v) is 5.77. The largest absolute Gasteiger partial charge is 0.384 e. The number of nitrogens with one attached hydrogen (secondary N) is 1. The molecule has 0 saturated heterocycles. The van der Waals surface area contributed by atoms with Crippen LogP contribution < -0.4 is 5.32 Å². The quantitative estimate of drug-likeness (QED) is 0.500. The fourth-order valence-corrected chi connectivity index (χ4v) is 2.65. The van der Waals surface area contributed by atoms with E-state index in [1.807, 2.05) is 18.2 Å². The zero-order valence-corrected chi connectivity index (χ0v) is 13.7. The van der Waals surface area contributed by atoms with Crippen molar-refractivity contribution in [3.63, 3.8) is 0 Å². The molecule has 0 unspecified atom stereocenters. The molecule has 0 heterocycles. The molecule has 0 aliphatic rings. The molecule has 0 fully saturated rings. The van der Waals surface area contributed by atoms with Crippen molar-refractivity contribution in [2.24, 2.45) is 0 Å². The van der Waals surface area contributed by atoms with Crippen molar-refractivity contribution in [3.8, 4) is 6.07 Å². The van der Waals surface area contributed by atoms with Crippen LogP contribution >= 0.6 is 11.8 Å². The Balaban J connectivity index is 2.32. The molecule has 0 aromatic heterocycles. The number of hydrogen-bond donors (Lipinski definition) is 1. The first-order valence-electron chi connectivity index (χ1n) is 7.30. The molecule has 21 heavy (non-hydrogen) atoms. The van der Waals surface area contributed by atoms with Crippen LogP contribution in [0.1, 0.15) is 25.3 Å². The Morgan fingerprint density at radius 1 is 1.24 bits per heavy atom. The van der Waals surface area contributed by atoms with Crippen LogP contribution in [0.25, 0.3) is 0 Å². The van der Waals surface area contributed by atoms with Crippen molar-refractivity contribution in [3.05, 3.63) is 23.8 Å². The van der Waals surface area contributed by atoms with Crippen molar-refractivity contribution in [2.45, 2.75) is 24.7 Å². The van der Waals surface area contributed by atoms with Crippen molar-refractivity contribution < 1.29 is 9.47 Å². The molecule has 4 nitrogen and oxygen atoms in total. The Morgan fingerprint density at radius 3 is 2.81 bits per heavy atom.